The predicted octanol–water partition coefficient (Wildman–Crippen LogP) is 6.15. The first-order chi connectivity index (χ1) is 21.7. The summed E-state index contributed by atoms with van der Waals surface area (Å²) >= 11 is 0. The number of aromatic carboxylic acids is 1. The number of nitrogens with one attached hydrogen (secondary N) is 4. The molecule has 4 heterocycles. The third-order valence-corrected chi connectivity index (χ3v) is 8.37. The summed E-state index contributed by atoms with van der Waals surface area (Å²) in [6.45, 7) is 1.26. The number of carboxylic acids is 1. The first-order valence-electron chi connectivity index (χ1n) is 14.7. The summed E-state index contributed by atoms with van der Waals surface area (Å²) in [6.07, 6.45) is 2.64. The summed E-state index contributed by atoms with van der Waals surface area (Å²) in [6, 6.07) is 14.3. The van der Waals surface area contributed by atoms with E-state index in [9.17, 15) is 23.1 Å². The molecule has 2 atom stereocenters. The fourth-order valence-electron chi connectivity index (χ4n) is 6.19. The number of carboxylic acid groups (broad SMARTS) is 1. The summed E-state index contributed by atoms with van der Waals surface area (Å²) in [5.41, 5.74) is 6.23. The highest BCUT2D eigenvalue weighted by Crippen LogP contribution is 2.40. The van der Waals surface area contributed by atoms with Gasteiger partial charge in [-0.3, -0.25) is 0 Å². The van der Waals surface area contributed by atoms with E-state index in [0.717, 1.165) is 61.1 Å². The highest BCUT2D eigenvalue weighted by molar-refractivity contribution is 5.99. The molecule has 5 aromatic rings. The Bertz CT molecular complexity index is 1850. The maximum Gasteiger partial charge on any atom is 0.419 e. The van der Waals surface area contributed by atoms with Crippen molar-refractivity contribution in [2.24, 2.45) is 0 Å². The maximum atomic E-state index is 14.0. The molecule has 13 heteroatoms. The number of aromatic amines is 2. The average Bonchev–Trinajstić information content (AvgIpc) is 3.82. The van der Waals surface area contributed by atoms with Crippen LogP contribution >= 0.6 is 0 Å². The van der Waals surface area contributed by atoms with Crippen molar-refractivity contribution >= 4 is 28.5 Å². The molecule has 232 valence electrons. The van der Waals surface area contributed by atoms with Crippen LogP contribution in [-0.4, -0.2) is 49.6 Å². The molecule has 2 aliphatic rings. The molecule has 7 rings (SSSR count). The molecule has 1 aliphatic carbocycles. The number of alkyl halides is 3. The lowest BCUT2D eigenvalue weighted by atomic mass is 10.0. The molecule has 3 aromatic heterocycles. The Balaban J connectivity index is 1.05. The predicted molar refractivity (Wildman–Crippen MR) is 162 cm³/mol. The van der Waals surface area contributed by atoms with Gasteiger partial charge in [0.2, 0.25) is 5.95 Å². The number of ether oxygens (including phenoxy) is 1. The number of hydrazine groups is 1. The Morgan fingerprint density at radius 1 is 1.09 bits per heavy atom. The Morgan fingerprint density at radius 3 is 2.71 bits per heavy atom. The molecule has 1 aliphatic heterocycles. The minimum Gasteiger partial charge on any atom is -0.485 e. The number of hydrogen-bond donors (Lipinski definition) is 5. The number of nitrogens with zero attached hydrogens (tertiary/aromatic N) is 3. The number of anilines is 2. The average molecular weight is 618 g/mol. The third kappa shape index (κ3) is 5.78. The van der Waals surface area contributed by atoms with Crippen LogP contribution in [0.1, 0.15) is 46.4 Å². The maximum absolute atomic E-state index is 14.0. The fraction of sp³-hybridized carbons (Fsp3) is 0.281. The van der Waals surface area contributed by atoms with Crippen molar-refractivity contribution in [1.29, 1.82) is 0 Å². The lowest BCUT2D eigenvalue weighted by Crippen LogP contribution is -2.43. The second-order valence-corrected chi connectivity index (χ2v) is 11.4. The molecule has 1 saturated carbocycles. The van der Waals surface area contributed by atoms with Crippen LogP contribution in [0.3, 0.4) is 0 Å². The van der Waals surface area contributed by atoms with E-state index in [1.807, 2.05) is 36.5 Å². The van der Waals surface area contributed by atoms with Crippen LogP contribution < -0.4 is 20.5 Å². The molecule has 0 amide bonds. The quantitative estimate of drug-likeness (QED) is 0.133. The van der Waals surface area contributed by atoms with Gasteiger partial charge in [0.15, 0.2) is 5.75 Å². The van der Waals surface area contributed by atoms with E-state index in [2.05, 4.69) is 35.7 Å². The number of benzene rings is 2. The molecular formula is C32H30F3N7O3. The largest absolute Gasteiger partial charge is 0.485 e. The minimum absolute atomic E-state index is 0.0268. The second-order valence-electron chi connectivity index (χ2n) is 11.4. The molecular weight excluding hydrogens is 587 g/mol. The smallest absolute Gasteiger partial charge is 0.419 e. The van der Waals surface area contributed by atoms with E-state index in [-0.39, 0.29) is 34.9 Å². The number of hydrogen-bond acceptors (Lipinski definition) is 7. The van der Waals surface area contributed by atoms with Crippen molar-refractivity contribution in [3.63, 3.8) is 0 Å². The Labute approximate surface area is 255 Å². The Kier molecular flexibility index (Phi) is 7.32. The minimum atomic E-state index is -4.68. The van der Waals surface area contributed by atoms with Gasteiger partial charge in [0.05, 0.1) is 11.3 Å². The SMILES string of the molecule is O=C(O)c1ccc2c(-c3nc(N[C@H]4CC[C@H](NN5CCc6[nH]cc(OCc7ccccc7)c65)C4)ncc3C(F)(F)F)c[nH]c2c1. The van der Waals surface area contributed by atoms with E-state index in [0.29, 0.717) is 17.5 Å². The molecule has 1 fully saturated rings. The highest BCUT2D eigenvalue weighted by atomic mass is 19.4. The van der Waals surface area contributed by atoms with Crippen molar-refractivity contribution in [3.05, 3.63) is 89.5 Å². The van der Waals surface area contributed by atoms with Gasteiger partial charge < -0.3 is 30.1 Å². The van der Waals surface area contributed by atoms with E-state index in [4.69, 9.17) is 4.74 Å². The monoisotopic (exact) mass is 617 g/mol. The lowest BCUT2D eigenvalue weighted by Gasteiger charge is -2.25. The van der Waals surface area contributed by atoms with Crippen LogP contribution in [0, 0.1) is 0 Å². The number of fused-ring (bicyclic) bond motifs is 2. The zero-order chi connectivity index (χ0) is 31.1. The molecule has 0 spiro atoms. The molecule has 0 bridgehead atoms. The topological polar surface area (TPSA) is 131 Å². The van der Waals surface area contributed by atoms with Crippen LogP contribution in [0.25, 0.3) is 22.2 Å². The number of rotatable bonds is 9. The van der Waals surface area contributed by atoms with Gasteiger partial charge in [-0.25, -0.2) is 20.2 Å². The van der Waals surface area contributed by atoms with Gasteiger partial charge in [-0.2, -0.15) is 13.2 Å². The number of carbonyl (C=O) groups is 1. The van der Waals surface area contributed by atoms with Crippen molar-refractivity contribution in [1.82, 2.24) is 25.4 Å². The van der Waals surface area contributed by atoms with Crippen molar-refractivity contribution in [2.45, 2.75) is 50.6 Å². The molecule has 5 N–H and O–H groups in total. The molecule has 45 heavy (non-hydrogen) atoms. The summed E-state index contributed by atoms with van der Waals surface area (Å²) in [5, 5.41) is 15.1. The van der Waals surface area contributed by atoms with Gasteiger partial charge in [-0.1, -0.05) is 36.4 Å². The molecule has 0 unspecified atom stereocenters. The molecule has 2 aromatic carbocycles. The highest BCUT2D eigenvalue weighted by Gasteiger charge is 2.37. The number of aromatic nitrogens is 4. The van der Waals surface area contributed by atoms with Crippen LogP contribution in [-0.2, 0) is 19.2 Å². The summed E-state index contributed by atoms with van der Waals surface area (Å²) in [5.74, 6) is -0.239. The molecule has 10 nitrogen and oxygen atoms in total. The van der Waals surface area contributed by atoms with E-state index in [1.54, 1.807) is 0 Å². The fourth-order valence-corrected chi connectivity index (χ4v) is 6.19. The van der Waals surface area contributed by atoms with Gasteiger partial charge in [0.1, 0.15) is 17.9 Å². The lowest BCUT2D eigenvalue weighted by molar-refractivity contribution is -0.137. The normalized spacial score (nSPS) is 18.0. The van der Waals surface area contributed by atoms with Crippen LogP contribution in [0.15, 0.2) is 67.1 Å². The Hall–Kier alpha value is -5.04. The van der Waals surface area contributed by atoms with Crippen LogP contribution in [0.2, 0.25) is 0 Å². The van der Waals surface area contributed by atoms with E-state index < -0.39 is 17.7 Å². The summed E-state index contributed by atoms with van der Waals surface area (Å²) in [4.78, 5) is 25.9. The van der Waals surface area contributed by atoms with E-state index >= 15 is 0 Å². The van der Waals surface area contributed by atoms with Gasteiger partial charge in [0.25, 0.3) is 0 Å². The van der Waals surface area contributed by atoms with Crippen LogP contribution in [0.5, 0.6) is 5.75 Å². The third-order valence-electron chi connectivity index (χ3n) is 8.37. The van der Waals surface area contributed by atoms with Gasteiger partial charge in [-0.15, -0.1) is 0 Å². The standard InChI is InChI=1S/C32H30F3N7O3/c33-32(34,35)24-15-38-31(40-28(24)23-14-36-26-12-19(30(43)44)6-9-22(23)26)39-20-7-8-21(13-20)41-42-11-10-25-29(42)27(16-37-25)45-17-18-4-2-1-3-5-18/h1-6,9,12,14-16,20-21,36-37,41H,7-8,10-11,13,17H2,(H,43,44)(H,38,39,40)/t20-,21-/m0/s1. The zero-order valence-corrected chi connectivity index (χ0v) is 24.0. The van der Waals surface area contributed by atoms with E-state index in [1.165, 1.54) is 24.4 Å². The van der Waals surface area contributed by atoms with Gasteiger partial charge >= 0.3 is 12.1 Å². The van der Waals surface area contributed by atoms with Crippen molar-refractivity contribution in [2.75, 3.05) is 16.9 Å². The summed E-state index contributed by atoms with van der Waals surface area (Å²) in [7, 11) is 0. The van der Waals surface area contributed by atoms with Crippen LogP contribution in [0.4, 0.5) is 24.8 Å². The number of halogens is 3. The Morgan fingerprint density at radius 2 is 1.91 bits per heavy atom. The first kappa shape index (κ1) is 28.7. The number of H-pyrrole nitrogens is 2. The molecule has 0 radical (unpaired) electrons. The second kappa shape index (κ2) is 11.5. The van der Waals surface area contributed by atoms with Gasteiger partial charge in [-0.05, 0) is 37.0 Å². The first-order valence-corrected chi connectivity index (χ1v) is 14.7. The summed E-state index contributed by atoms with van der Waals surface area (Å²) < 4.78 is 48.2. The van der Waals surface area contributed by atoms with Crippen molar-refractivity contribution in [3.8, 4) is 17.0 Å². The van der Waals surface area contributed by atoms with Crippen molar-refractivity contribution < 1.29 is 27.8 Å². The van der Waals surface area contributed by atoms with Gasteiger partial charge in [0, 0.05) is 65.8 Å². The molecule has 0 saturated heterocycles. The zero-order valence-electron chi connectivity index (χ0n) is 24.0.